The third kappa shape index (κ3) is 5.02. The fraction of sp³-hybridized carbons (Fsp3) is 0.562. The molecule has 0 atom stereocenters. The number of carbonyl (C=O) groups is 1. The highest BCUT2D eigenvalue weighted by molar-refractivity contribution is 5.87. The van der Waals surface area contributed by atoms with Gasteiger partial charge in [-0.25, -0.2) is 4.79 Å². The zero-order chi connectivity index (χ0) is 15.3. The summed E-state index contributed by atoms with van der Waals surface area (Å²) in [7, 11) is 0. The summed E-state index contributed by atoms with van der Waals surface area (Å²) >= 11 is 0. The van der Waals surface area contributed by atoms with Crippen LogP contribution in [0.3, 0.4) is 0 Å². The molecule has 1 aromatic rings. The molecule has 0 aromatic heterocycles. The van der Waals surface area contributed by atoms with Gasteiger partial charge in [-0.3, -0.25) is 4.90 Å². The second-order valence-electron chi connectivity index (χ2n) is 5.92. The molecule has 0 amide bonds. The molecule has 5 heteroatoms. The van der Waals surface area contributed by atoms with Crippen molar-refractivity contribution < 1.29 is 19.4 Å². The quantitative estimate of drug-likeness (QED) is 0.815. The van der Waals surface area contributed by atoms with E-state index in [0.29, 0.717) is 12.4 Å². The average Bonchev–Trinajstić information content (AvgIpc) is 2.43. The molecule has 0 spiro atoms. The van der Waals surface area contributed by atoms with E-state index in [1.54, 1.807) is 24.3 Å². The first-order valence-electron chi connectivity index (χ1n) is 7.29. The van der Waals surface area contributed by atoms with E-state index in [4.69, 9.17) is 14.6 Å². The van der Waals surface area contributed by atoms with Crippen molar-refractivity contribution in [2.75, 3.05) is 32.8 Å². The fourth-order valence-corrected chi connectivity index (χ4v) is 2.50. The summed E-state index contributed by atoms with van der Waals surface area (Å²) in [5.74, 6) is -0.326. The number of ether oxygens (including phenoxy) is 2. The molecule has 1 heterocycles. The highest BCUT2D eigenvalue weighted by Crippen LogP contribution is 2.17. The number of nitrogens with zero attached hydrogens (tertiary/aromatic N) is 1. The number of morpholine rings is 1. The molecule has 0 unspecified atom stereocenters. The summed E-state index contributed by atoms with van der Waals surface area (Å²) in [6.07, 6.45) is 0.910. The first kappa shape index (κ1) is 15.8. The average molecular weight is 293 g/mol. The van der Waals surface area contributed by atoms with Crippen LogP contribution < -0.4 is 4.74 Å². The van der Waals surface area contributed by atoms with Crippen LogP contribution in [0.25, 0.3) is 0 Å². The van der Waals surface area contributed by atoms with E-state index >= 15 is 0 Å². The minimum atomic E-state index is -0.934. The molecule has 5 nitrogen and oxygen atoms in total. The van der Waals surface area contributed by atoms with E-state index in [1.165, 1.54) is 0 Å². The summed E-state index contributed by atoms with van der Waals surface area (Å²) in [5.41, 5.74) is 0.178. The lowest BCUT2D eigenvalue weighted by Gasteiger charge is -2.38. The molecular formula is C16H23NO4. The van der Waals surface area contributed by atoms with Gasteiger partial charge in [0.1, 0.15) is 5.75 Å². The van der Waals surface area contributed by atoms with Gasteiger partial charge in [0.2, 0.25) is 0 Å². The minimum Gasteiger partial charge on any atom is -0.494 e. The van der Waals surface area contributed by atoms with E-state index in [2.05, 4.69) is 18.7 Å². The molecule has 0 radical (unpaired) electrons. The molecule has 2 rings (SSSR count). The van der Waals surface area contributed by atoms with Gasteiger partial charge in [0.05, 0.1) is 24.4 Å². The molecular weight excluding hydrogens is 270 g/mol. The maximum Gasteiger partial charge on any atom is 0.335 e. The SMILES string of the molecule is CC1(C)CN(CCCOc2cccc(C(=O)O)c2)CCO1. The van der Waals surface area contributed by atoms with Crippen LogP contribution >= 0.6 is 0 Å². The monoisotopic (exact) mass is 293 g/mol. The number of aromatic carboxylic acids is 1. The number of carboxylic acids is 1. The molecule has 0 aliphatic carbocycles. The highest BCUT2D eigenvalue weighted by atomic mass is 16.5. The van der Waals surface area contributed by atoms with Crippen molar-refractivity contribution in [1.29, 1.82) is 0 Å². The maximum absolute atomic E-state index is 10.9. The smallest absolute Gasteiger partial charge is 0.335 e. The van der Waals surface area contributed by atoms with Crippen molar-refractivity contribution in [2.24, 2.45) is 0 Å². The lowest BCUT2D eigenvalue weighted by atomic mass is 10.1. The van der Waals surface area contributed by atoms with Crippen molar-refractivity contribution >= 4 is 5.97 Å². The van der Waals surface area contributed by atoms with Crippen LogP contribution in [0.1, 0.15) is 30.6 Å². The van der Waals surface area contributed by atoms with Crippen molar-refractivity contribution in [3.8, 4) is 5.75 Å². The molecule has 0 saturated carbocycles. The Bertz CT molecular complexity index is 487. The molecule has 1 fully saturated rings. The Labute approximate surface area is 125 Å². The van der Waals surface area contributed by atoms with Crippen LogP contribution in [0.5, 0.6) is 5.75 Å². The van der Waals surface area contributed by atoms with Gasteiger partial charge in [-0.1, -0.05) is 6.07 Å². The fourth-order valence-electron chi connectivity index (χ4n) is 2.50. The van der Waals surface area contributed by atoms with Gasteiger partial charge in [-0.05, 0) is 38.5 Å². The van der Waals surface area contributed by atoms with Gasteiger partial charge < -0.3 is 14.6 Å². The normalized spacial score (nSPS) is 18.4. The van der Waals surface area contributed by atoms with Crippen molar-refractivity contribution in [3.63, 3.8) is 0 Å². The Balaban J connectivity index is 1.72. The van der Waals surface area contributed by atoms with Crippen LogP contribution in [0.2, 0.25) is 0 Å². The summed E-state index contributed by atoms with van der Waals surface area (Å²) in [6, 6.07) is 6.60. The van der Waals surface area contributed by atoms with Gasteiger partial charge in [0.15, 0.2) is 0 Å². The predicted octanol–water partition coefficient (Wildman–Crippen LogP) is 2.26. The van der Waals surface area contributed by atoms with Crippen LogP contribution in [0.4, 0.5) is 0 Å². The Kier molecular flexibility index (Phi) is 5.20. The van der Waals surface area contributed by atoms with E-state index in [-0.39, 0.29) is 11.2 Å². The van der Waals surface area contributed by atoms with Gasteiger partial charge in [0.25, 0.3) is 0 Å². The van der Waals surface area contributed by atoms with Gasteiger partial charge in [-0.15, -0.1) is 0 Å². The number of rotatable bonds is 6. The van der Waals surface area contributed by atoms with Gasteiger partial charge >= 0.3 is 5.97 Å². The summed E-state index contributed by atoms with van der Waals surface area (Å²) in [6.45, 7) is 8.42. The van der Waals surface area contributed by atoms with E-state index in [0.717, 1.165) is 32.7 Å². The second kappa shape index (κ2) is 6.91. The first-order valence-corrected chi connectivity index (χ1v) is 7.29. The molecule has 1 saturated heterocycles. The molecule has 21 heavy (non-hydrogen) atoms. The minimum absolute atomic E-state index is 0.0745. The van der Waals surface area contributed by atoms with Crippen LogP contribution in [0, 0.1) is 0 Å². The van der Waals surface area contributed by atoms with Gasteiger partial charge in [-0.2, -0.15) is 0 Å². The van der Waals surface area contributed by atoms with Crippen molar-refractivity contribution in [1.82, 2.24) is 4.90 Å². The van der Waals surface area contributed by atoms with Crippen molar-refractivity contribution in [2.45, 2.75) is 25.9 Å². The first-order chi connectivity index (χ1) is 9.96. The maximum atomic E-state index is 10.9. The summed E-state index contributed by atoms with van der Waals surface area (Å²) in [4.78, 5) is 13.3. The molecule has 1 aromatic carbocycles. The van der Waals surface area contributed by atoms with Crippen LogP contribution in [0.15, 0.2) is 24.3 Å². The number of carboxylic acid groups (broad SMARTS) is 1. The molecule has 116 valence electrons. The number of hydrogen-bond acceptors (Lipinski definition) is 4. The molecule has 1 N–H and O–H groups in total. The predicted molar refractivity (Wildman–Crippen MR) is 80.0 cm³/mol. The summed E-state index contributed by atoms with van der Waals surface area (Å²) < 4.78 is 11.3. The Morgan fingerprint density at radius 2 is 2.29 bits per heavy atom. The lowest BCUT2D eigenvalue weighted by molar-refractivity contribution is -0.0864. The van der Waals surface area contributed by atoms with E-state index in [9.17, 15) is 4.79 Å². The topological polar surface area (TPSA) is 59.0 Å². The lowest BCUT2D eigenvalue weighted by Crippen LogP contribution is -2.48. The zero-order valence-corrected chi connectivity index (χ0v) is 12.7. The Morgan fingerprint density at radius 3 is 3.00 bits per heavy atom. The highest BCUT2D eigenvalue weighted by Gasteiger charge is 2.26. The standard InChI is InChI=1S/C16H23NO4/c1-16(2)12-17(8-10-21-16)7-4-9-20-14-6-3-5-13(11-14)15(18)19/h3,5-6,11H,4,7-10,12H2,1-2H3,(H,18,19). The summed E-state index contributed by atoms with van der Waals surface area (Å²) in [5, 5.41) is 8.93. The molecule has 1 aliphatic rings. The number of benzene rings is 1. The molecule has 0 bridgehead atoms. The van der Waals surface area contributed by atoms with Gasteiger partial charge in [0, 0.05) is 19.6 Å². The largest absolute Gasteiger partial charge is 0.494 e. The Morgan fingerprint density at radius 1 is 1.48 bits per heavy atom. The third-order valence-corrected chi connectivity index (χ3v) is 3.47. The Hall–Kier alpha value is -1.59. The van der Waals surface area contributed by atoms with Crippen LogP contribution in [-0.2, 0) is 4.74 Å². The number of hydrogen-bond donors (Lipinski definition) is 1. The second-order valence-corrected chi connectivity index (χ2v) is 5.92. The van der Waals surface area contributed by atoms with E-state index < -0.39 is 5.97 Å². The molecule has 1 aliphatic heterocycles. The van der Waals surface area contributed by atoms with Crippen molar-refractivity contribution in [3.05, 3.63) is 29.8 Å². The van der Waals surface area contributed by atoms with E-state index in [1.807, 2.05) is 0 Å². The zero-order valence-electron chi connectivity index (χ0n) is 12.7. The third-order valence-electron chi connectivity index (χ3n) is 3.47. The van der Waals surface area contributed by atoms with Crippen LogP contribution in [-0.4, -0.2) is 54.4 Å².